The van der Waals surface area contributed by atoms with Gasteiger partial charge < -0.3 is 19.9 Å². The van der Waals surface area contributed by atoms with Crippen LogP contribution in [0.5, 0.6) is 0 Å². The summed E-state index contributed by atoms with van der Waals surface area (Å²) in [6, 6.07) is 13.9. The molecule has 1 aliphatic heterocycles. The minimum Gasteiger partial charge on any atom is -0.463 e. The van der Waals surface area contributed by atoms with E-state index < -0.39 is 21.9 Å². The number of hydrogen-bond donors (Lipinski definition) is 4. The topological polar surface area (TPSA) is 154 Å². The lowest BCUT2D eigenvalue weighted by Gasteiger charge is -2.15. The van der Waals surface area contributed by atoms with E-state index in [2.05, 4.69) is 10.6 Å². The predicted molar refractivity (Wildman–Crippen MR) is 138 cm³/mol. The molecule has 0 spiro atoms. The molecule has 1 fully saturated rings. The van der Waals surface area contributed by atoms with E-state index in [9.17, 15) is 18.0 Å². The molecule has 0 radical (unpaired) electrons. The predicted octanol–water partition coefficient (Wildman–Crippen LogP) is 3.46. The molecule has 36 heavy (non-hydrogen) atoms. The molecule has 0 unspecified atom stereocenters. The van der Waals surface area contributed by atoms with Crippen LogP contribution in [0.2, 0.25) is 5.02 Å². The number of hydrogen-bond acceptors (Lipinski definition) is 6. The fourth-order valence-corrected chi connectivity index (χ4v) is 3.39. The van der Waals surface area contributed by atoms with Crippen molar-refractivity contribution in [2.24, 2.45) is 7.05 Å². The maximum Gasteiger partial charge on any atom is 0.289 e. The number of ether oxygens (including phenoxy) is 1. The molecule has 2 aromatic carbocycles. The number of carbonyl (C=O) groups is 2. The number of nitrogens with one attached hydrogen (secondary N) is 3. The van der Waals surface area contributed by atoms with Crippen LogP contribution in [0.4, 0.5) is 17.1 Å². The lowest BCUT2D eigenvalue weighted by molar-refractivity contribution is 0.0991. The van der Waals surface area contributed by atoms with Gasteiger partial charge >= 0.3 is 0 Å². The monoisotopic (exact) mass is 533 g/mol. The van der Waals surface area contributed by atoms with Gasteiger partial charge in [-0.3, -0.25) is 24.5 Å². The first-order chi connectivity index (χ1) is 16.9. The van der Waals surface area contributed by atoms with Gasteiger partial charge in [0.2, 0.25) is 0 Å². The molecule has 3 aromatic rings. The smallest absolute Gasteiger partial charge is 0.289 e. The number of aryl methyl sites for hydroxylation is 1. The van der Waals surface area contributed by atoms with Crippen molar-refractivity contribution in [3.05, 3.63) is 77.1 Å². The highest BCUT2D eigenvalue weighted by molar-refractivity contribution is 7.85. The van der Waals surface area contributed by atoms with Gasteiger partial charge in [-0.25, -0.2) is 0 Å². The number of rotatable bonds is 5. The largest absolute Gasteiger partial charge is 0.463 e. The molecule has 1 saturated heterocycles. The van der Waals surface area contributed by atoms with Crippen LogP contribution in [0.15, 0.2) is 60.9 Å². The molecular formula is C23H24ClN5O6S. The molecule has 13 heteroatoms. The van der Waals surface area contributed by atoms with E-state index in [4.69, 9.17) is 26.3 Å². The van der Waals surface area contributed by atoms with Crippen LogP contribution in [0.1, 0.15) is 20.7 Å². The van der Waals surface area contributed by atoms with E-state index in [1.807, 2.05) is 0 Å². The van der Waals surface area contributed by atoms with Gasteiger partial charge in [0.15, 0.2) is 0 Å². The van der Waals surface area contributed by atoms with Crippen molar-refractivity contribution in [3.8, 4) is 0 Å². The van der Waals surface area contributed by atoms with Crippen molar-refractivity contribution in [2.45, 2.75) is 0 Å². The van der Waals surface area contributed by atoms with Crippen LogP contribution in [0.25, 0.3) is 0 Å². The lowest BCUT2D eigenvalue weighted by Crippen LogP contribution is -2.23. The number of halogens is 1. The molecule has 2 amide bonds. The Morgan fingerprint density at radius 2 is 1.42 bits per heavy atom. The Morgan fingerprint density at radius 1 is 0.972 bits per heavy atom. The van der Waals surface area contributed by atoms with Crippen LogP contribution in [-0.2, 0) is 21.9 Å². The Labute approximate surface area is 212 Å². The normalized spacial score (nSPS) is 12.9. The molecule has 0 atom stereocenters. The molecule has 1 aliphatic rings. The zero-order chi connectivity index (χ0) is 26.5. The summed E-state index contributed by atoms with van der Waals surface area (Å²) < 4.78 is 32.7. The van der Waals surface area contributed by atoms with Crippen LogP contribution in [0, 0.1) is 5.41 Å². The first kappa shape index (κ1) is 26.7. The molecule has 0 aliphatic carbocycles. The van der Waals surface area contributed by atoms with Crippen molar-refractivity contribution in [1.29, 1.82) is 5.41 Å². The molecule has 1 aromatic heterocycles. The van der Waals surface area contributed by atoms with Crippen molar-refractivity contribution in [2.75, 3.05) is 34.9 Å². The third-order valence-corrected chi connectivity index (χ3v) is 5.03. The second kappa shape index (κ2) is 11.2. The average Bonchev–Trinajstić information content (AvgIpc) is 3.40. The van der Waals surface area contributed by atoms with E-state index >= 15 is 0 Å². The van der Waals surface area contributed by atoms with Gasteiger partial charge in [-0.15, -0.1) is 0 Å². The zero-order valence-electron chi connectivity index (χ0n) is 19.4. The summed E-state index contributed by atoms with van der Waals surface area (Å²) >= 11 is 5.88. The van der Waals surface area contributed by atoms with Gasteiger partial charge in [0, 0.05) is 41.5 Å². The summed E-state index contributed by atoms with van der Waals surface area (Å²) in [6.07, 6.45) is 3.92. The maximum atomic E-state index is 12.9. The Bertz CT molecular complexity index is 1360. The number of nitrogens with zero attached hydrogens (tertiary/aromatic N) is 2. The second-order valence-corrected chi connectivity index (χ2v) is 9.65. The lowest BCUT2D eigenvalue weighted by atomic mass is 10.1. The standard InChI is InChI=1S/C22H20ClN5O3.CH4O3S/c1-27-12-18(20(29)25-15-4-2-14(23)3-5-15)19(13-27)21(30)26-16-6-8-17(9-7-16)28-10-11-31-22(28)24;1-5(2,3)4/h2-9,12-13,24H,10-11H2,1H3,(H,25,29)(H,26,30);1H3,(H,2,3,4). The van der Waals surface area contributed by atoms with Gasteiger partial charge in [-0.05, 0) is 48.5 Å². The summed E-state index contributed by atoms with van der Waals surface area (Å²) in [5.41, 5.74) is 2.48. The van der Waals surface area contributed by atoms with Gasteiger partial charge in [-0.2, -0.15) is 8.42 Å². The highest BCUT2D eigenvalue weighted by Gasteiger charge is 2.22. The third-order valence-electron chi connectivity index (χ3n) is 4.78. The minimum atomic E-state index is -3.67. The summed E-state index contributed by atoms with van der Waals surface area (Å²) in [4.78, 5) is 27.3. The van der Waals surface area contributed by atoms with E-state index in [0.717, 1.165) is 5.69 Å². The van der Waals surface area contributed by atoms with E-state index in [-0.39, 0.29) is 17.1 Å². The SMILES string of the molecule is CS(=O)(=O)O.Cn1cc(C(=O)Nc2ccc(Cl)cc2)c(C(=O)Nc2ccc(N3CCOC3=N)cc2)c1. The molecule has 11 nitrogen and oxygen atoms in total. The number of anilines is 3. The van der Waals surface area contributed by atoms with Crippen molar-refractivity contribution in [3.63, 3.8) is 0 Å². The number of carbonyl (C=O) groups excluding carboxylic acids is 2. The van der Waals surface area contributed by atoms with Crippen LogP contribution in [-0.4, -0.2) is 54.8 Å². The van der Waals surface area contributed by atoms with Crippen LogP contribution < -0.4 is 15.5 Å². The van der Waals surface area contributed by atoms with E-state index in [1.165, 1.54) is 0 Å². The van der Waals surface area contributed by atoms with Gasteiger partial charge in [0.1, 0.15) is 6.61 Å². The average molecular weight is 534 g/mol. The summed E-state index contributed by atoms with van der Waals surface area (Å²) in [5, 5.41) is 13.9. The van der Waals surface area contributed by atoms with Crippen LogP contribution >= 0.6 is 11.6 Å². The highest BCUT2D eigenvalue weighted by atomic mass is 35.5. The van der Waals surface area contributed by atoms with E-state index in [1.54, 1.807) is 77.4 Å². The molecule has 2 heterocycles. The first-order valence-electron chi connectivity index (χ1n) is 10.5. The fourth-order valence-electron chi connectivity index (χ4n) is 3.26. The second-order valence-electron chi connectivity index (χ2n) is 7.75. The van der Waals surface area contributed by atoms with Gasteiger partial charge in [0.25, 0.3) is 28.0 Å². The Morgan fingerprint density at radius 3 is 1.83 bits per heavy atom. The summed E-state index contributed by atoms with van der Waals surface area (Å²) in [6.45, 7) is 1.09. The number of benzene rings is 2. The molecule has 0 saturated carbocycles. The highest BCUT2D eigenvalue weighted by Crippen LogP contribution is 2.22. The number of aromatic nitrogens is 1. The number of amidine groups is 1. The van der Waals surface area contributed by atoms with Gasteiger partial charge in [-0.1, -0.05) is 11.6 Å². The van der Waals surface area contributed by atoms with E-state index in [0.29, 0.717) is 35.8 Å². The summed E-state index contributed by atoms with van der Waals surface area (Å²) in [5.74, 6) is -0.789. The molecule has 190 valence electrons. The van der Waals surface area contributed by atoms with Crippen LogP contribution in [0.3, 0.4) is 0 Å². The maximum absolute atomic E-state index is 12.9. The van der Waals surface area contributed by atoms with Gasteiger partial charge in [0.05, 0.1) is 23.9 Å². The van der Waals surface area contributed by atoms with Crippen molar-refractivity contribution < 1.29 is 27.3 Å². The summed E-state index contributed by atoms with van der Waals surface area (Å²) in [7, 11) is -1.92. The molecule has 0 bridgehead atoms. The number of amides is 2. The Balaban J connectivity index is 0.000000658. The zero-order valence-corrected chi connectivity index (χ0v) is 20.9. The Hall–Kier alpha value is -3.87. The minimum absolute atomic E-state index is 0.109. The third kappa shape index (κ3) is 7.57. The van der Waals surface area contributed by atoms with Crippen molar-refractivity contribution >= 4 is 56.6 Å². The molecular weight excluding hydrogens is 510 g/mol. The Kier molecular flexibility index (Phi) is 8.35. The quantitative estimate of drug-likeness (QED) is 0.366. The molecule has 4 rings (SSSR count). The molecule has 4 N–H and O–H groups in total. The first-order valence-corrected chi connectivity index (χ1v) is 12.7. The van der Waals surface area contributed by atoms with Crippen molar-refractivity contribution in [1.82, 2.24) is 4.57 Å². The fraction of sp³-hybridized carbons (Fsp3) is 0.174.